The Morgan fingerprint density at radius 3 is 2.92 bits per heavy atom. The van der Waals surface area contributed by atoms with Crippen LogP contribution in [0, 0.1) is 5.92 Å². The van der Waals surface area contributed by atoms with Crippen molar-refractivity contribution >= 4 is 47.2 Å². The van der Waals surface area contributed by atoms with Crippen LogP contribution in [0.25, 0.3) is 0 Å². The number of rotatable bonds is 6. The Labute approximate surface area is 172 Å². The van der Waals surface area contributed by atoms with Gasteiger partial charge in [0.15, 0.2) is 5.96 Å². The summed E-state index contributed by atoms with van der Waals surface area (Å²) in [5.74, 6) is 2.08. The van der Waals surface area contributed by atoms with Crippen molar-refractivity contribution in [3.05, 3.63) is 22.4 Å². The van der Waals surface area contributed by atoms with Gasteiger partial charge in [-0.2, -0.15) is 0 Å². The summed E-state index contributed by atoms with van der Waals surface area (Å²) in [7, 11) is 1.76. The third kappa shape index (κ3) is 7.52. The van der Waals surface area contributed by atoms with Crippen molar-refractivity contribution in [3.63, 3.8) is 0 Å². The molecule has 1 aliphatic heterocycles. The van der Waals surface area contributed by atoms with Gasteiger partial charge in [0.1, 0.15) is 0 Å². The zero-order valence-electron chi connectivity index (χ0n) is 15.5. The fourth-order valence-electron chi connectivity index (χ4n) is 3.00. The number of guanidine groups is 1. The fraction of sp³-hybridized carbons (Fsp3) is 0.667. The summed E-state index contributed by atoms with van der Waals surface area (Å²) in [6, 6.07) is 4.24. The van der Waals surface area contributed by atoms with E-state index in [1.165, 1.54) is 11.3 Å². The molecule has 1 fully saturated rings. The van der Waals surface area contributed by atoms with Crippen LogP contribution < -0.4 is 10.6 Å². The van der Waals surface area contributed by atoms with Crippen LogP contribution in [-0.4, -0.2) is 50.0 Å². The minimum Gasteiger partial charge on any atom is -0.356 e. The van der Waals surface area contributed by atoms with Crippen LogP contribution in [0.15, 0.2) is 22.5 Å². The molecule has 25 heavy (non-hydrogen) atoms. The van der Waals surface area contributed by atoms with E-state index in [-0.39, 0.29) is 29.9 Å². The number of piperidine rings is 1. The second-order valence-corrected chi connectivity index (χ2v) is 7.61. The molecule has 7 heteroatoms. The van der Waals surface area contributed by atoms with E-state index in [4.69, 9.17) is 0 Å². The van der Waals surface area contributed by atoms with E-state index in [1.807, 2.05) is 4.90 Å². The molecule has 1 aromatic rings. The first-order chi connectivity index (χ1) is 11.6. The lowest BCUT2D eigenvalue weighted by Crippen LogP contribution is -2.43. The summed E-state index contributed by atoms with van der Waals surface area (Å²) < 4.78 is 0. The van der Waals surface area contributed by atoms with E-state index in [9.17, 15) is 4.79 Å². The van der Waals surface area contributed by atoms with Gasteiger partial charge in [-0.05, 0) is 30.2 Å². The van der Waals surface area contributed by atoms with Gasteiger partial charge in [0.05, 0.1) is 0 Å². The zero-order chi connectivity index (χ0) is 17.4. The van der Waals surface area contributed by atoms with Crippen molar-refractivity contribution in [3.8, 4) is 0 Å². The number of thiophene rings is 1. The molecule has 142 valence electrons. The maximum Gasteiger partial charge on any atom is 0.224 e. The molecule has 2 atom stereocenters. The van der Waals surface area contributed by atoms with Gasteiger partial charge in [-0.25, -0.2) is 0 Å². The van der Waals surface area contributed by atoms with E-state index < -0.39 is 0 Å². The zero-order valence-corrected chi connectivity index (χ0v) is 18.6. The number of halogens is 1. The predicted molar refractivity (Wildman–Crippen MR) is 117 cm³/mol. The van der Waals surface area contributed by atoms with Crippen LogP contribution in [0.5, 0.6) is 0 Å². The first kappa shape index (κ1) is 22.2. The summed E-state index contributed by atoms with van der Waals surface area (Å²) in [6.45, 7) is 7.69. The number of nitrogens with one attached hydrogen (secondary N) is 2. The highest BCUT2D eigenvalue weighted by atomic mass is 127. The van der Waals surface area contributed by atoms with Crippen LogP contribution in [-0.2, 0) is 4.79 Å². The standard InChI is InChI=1S/C18H30N4OS.HI/c1-14-6-4-10-22(13-14)17(23)8-9-20-18(19-3)21-12-15(2)16-7-5-11-24-16;/h5,7,11,14-15H,4,6,8-10,12-13H2,1-3H3,(H2,19,20,21);1H. The Balaban J connectivity index is 0.00000312. The Kier molecular flexibility index (Phi) is 10.4. The molecule has 2 rings (SSSR count). The van der Waals surface area contributed by atoms with Crippen molar-refractivity contribution in [2.75, 3.05) is 33.2 Å². The molecule has 1 amide bonds. The minimum atomic E-state index is 0. The summed E-state index contributed by atoms with van der Waals surface area (Å²) in [6.07, 6.45) is 2.89. The summed E-state index contributed by atoms with van der Waals surface area (Å²) >= 11 is 1.78. The average molecular weight is 478 g/mol. The highest BCUT2D eigenvalue weighted by Gasteiger charge is 2.20. The number of carbonyl (C=O) groups excluding carboxylic acids is 1. The highest BCUT2D eigenvalue weighted by Crippen LogP contribution is 2.19. The molecule has 0 radical (unpaired) electrons. The molecule has 5 nitrogen and oxygen atoms in total. The highest BCUT2D eigenvalue weighted by molar-refractivity contribution is 14.0. The summed E-state index contributed by atoms with van der Waals surface area (Å²) in [5.41, 5.74) is 0. The van der Waals surface area contributed by atoms with E-state index in [2.05, 4.69) is 47.0 Å². The van der Waals surface area contributed by atoms with Gasteiger partial charge in [-0.15, -0.1) is 35.3 Å². The second kappa shape index (κ2) is 11.7. The van der Waals surface area contributed by atoms with E-state index in [0.29, 0.717) is 24.8 Å². The van der Waals surface area contributed by atoms with Gasteiger partial charge in [0.25, 0.3) is 0 Å². The molecule has 0 spiro atoms. The van der Waals surface area contributed by atoms with E-state index >= 15 is 0 Å². The largest absolute Gasteiger partial charge is 0.356 e. The van der Waals surface area contributed by atoms with E-state index in [1.54, 1.807) is 18.4 Å². The quantitative estimate of drug-likeness (QED) is 0.375. The molecular formula is C18H31IN4OS. The fourth-order valence-corrected chi connectivity index (χ4v) is 3.79. The maximum absolute atomic E-state index is 12.3. The topological polar surface area (TPSA) is 56.7 Å². The van der Waals surface area contributed by atoms with Gasteiger partial charge < -0.3 is 15.5 Å². The number of carbonyl (C=O) groups is 1. The molecule has 1 aliphatic rings. The number of amides is 1. The first-order valence-electron chi connectivity index (χ1n) is 8.85. The van der Waals surface area contributed by atoms with Gasteiger partial charge in [-0.1, -0.05) is 19.9 Å². The first-order valence-corrected chi connectivity index (χ1v) is 9.73. The van der Waals surface area contributed by atoms with Gasteiger partial charge in [0.2, 0.25) is 5.91 Å². The lowest BCUT2D eigenvalue weighted by Gasteiger charge is -2.31. The smallest absolute Gasteiger partial charge is 0.224 e. The monoisotopic (exact) mass is 478 g/mol. The van der Waals surface area contributed by atoms with E-state index in [0.717, 1.165) is 32.0 Å². The number of likely N-dealkylation sites (tertiary alicyclic amines) is 1. The SMILES string of the molecule is CN=C(NCCC(=O)N1CCCC(C)C1)NCC(C)c1cccs1.I. The second-order valence-electron chi connectivity index (χ2n) is 6.63. The van der Waals surface area contributed by atoms with Crippen molar-refractivity contribution in [2.45, 2.75) is 39.0 Å². The van der Waals surface area contributed by atoms with Crippen LogP contribution >= 0.6 is 35.3 Å². The third-order valence-corrected chi connectivity index (χ3v) is 5.57. The Morgan fingerprint density at radius 2 is 2.28 bits per heavy atom. The van der Waals surface area contributed by atoms with Crippen LogP contribution in [0.3, 0.4) is 0 Å². The molecule has 0 bridgehead atoms. The van der Waals surface area contributed by atoms with Crippen molar-refractivity contribution < 1.29 is 4.79 Å². The number of nitrogens with zero attached hydrogens (tertiary/aromatic N) is 2. The number of aliphatic imine (C=N–C) groups is 1. The minimum absolute atomic E-state index is 0. The summed E-state index contributed by atoms with van der Waals surface area (Å²) in [4.78, 5) is 19.9. The Bertz CT molecular complexity index is 535. The third-order valence-electron chi connectivity index (χ3n) is 4.47. The molecule has 2 N–H and O–H groups in total. The molecule has 2 unspecified atom stereocenters. The molecule has 2 heterocycles. The molecule has 0 saturated carbocycles. The lowest BCUT2D eigenvalue weighted by atomic mass is 10.00. The van der Waals surface area contributed by atoms with Gasteiger partial charge >= 0.3 is 0 Å². The maximum atomic E-state index is 12.3. The lowest BCUT2D eigenvalue weighted by molar-refractivity contribution is -0.132. The summed E-state index contributed by atoms with van der Waals surface area (Å²) in [5, 5.41) is 8.69. The Hall–Kier alpha value is -0.830. The molecule has 0 aliphatic carbocycles. The predicted octanol–water partition coefficient (Wildman–Crippen LogP) is 3.28. The molecule has 0 aromatic carbocycles. The van der Waals surface area contributed by atoms with Crippen molar-refractivity contribution in [1.82, 2.24) is 15.5 Å². The van der Waals surface area contributed by atoms with Crippen LogP contribution in [0.2, 0.25) is 0 Å². The van der Waals surface area contributed by atoms with Crippen molar-refractivity contribution in [1.29, 1.82) is 0 Å². The number of hydrogen-bond donors (Lipinski definition) is 2. The average Bonchev–Trinajstić information content (AvgIpc) is 3.12. The molecule has 1 saturated heterocycles. The van der Waals surface area contributed by atoms with Gasteiger partial charge in [-0.3, -0.25) is 9.79 Å². The molecular weight excluding hydrogens is 447 g/mol. The normalized spacial score (nSPS) is 19.1. The Morgan fingerprint density at radius 1 is 1.48 bits per heavy atom. The van der Waals surface area contributed by atoms with Crippen LogP contribution in [0.4, 0.5) is 0 Å². The van der Waals surface area contributed by atoms with Gasteiger partial charge in [0, 0.05) is 50.4 Å². The number of hydrogen-bond acceptors (Lipinski definition) is 3. The molecule has 1 aromatic heterocycles. The van der Waals surface area contributed by atoms with Crippen LogP contribution in [0.1, 0.15) is 43.9 Å². The van der Waals surface area contributed by atoms with Crippen molar-refractivity contribution in [2.24, 2.45) is 10.9 Å².